The van der Waals surface area contributed by atoms with E-state index in [1.165, 1.54) is 9.15 Å². The molecule has 2 rings (SSSR count). The summed E-state index contributed by atoms with van der Waals surface area (Å²) in [6, 6.07) is 3.02. The van der Waals surface area contributed by atoms with E-state index in [4.69, 9.17) is 9.47 Å². The number of carbonyl (C=O) groups is 2. The normalized spacial score (nSPS) is 10.6. The number of carboxylic acids is 1. The number of carbonyl (C=O) groups excluding carboxylic acids is 1. The molecule has 0 saturated heterocycles. The van der Waals surface area contributed by atoms with Crippen molar-refractivity contribution < 1.29 is 45.5 Å². The zero-order chi connectivity index (χ0) is 14.7. The van der Waals surface area contributed by atoms with Crippen LogP contribution in [0.5, 0.6) is 5.75 Å². The van der Waals surface area contributed by atoms with E-state index in [1.54, 1.807) is 13.0 Å². The first-order chi connectivity index (χ1) is 9.54. The number of ether oxygens (including phenoxy) is 2. The van der Waals surface area contributed by atoms with Crippen molar-refractivity contribution in [3.63, 3.8) is 0 Å². The molecule has 1 N–H and O–H groups in total. The molecular weight excluding hydrogens is 362 g/mol. The van der Waals surface area contributed by atoms with Gasteiger partial charge in [-0.1, -0.05) is 0 Å². The maximum atomic E-state index is 11.3. The van der Waals surface area contributed by atoms with E-state index in [0.717, 1.165) is 0 Å². The van der Waals surface area contributed by atoms with Gasteiger partial charge in [-0.15, -0.1) is 0 Å². The Kier molecular flexibility index (Phi) is 4.38. The summed E-state index contributed by atoms with van der Waals surface area (Å²) in [7, 11) is 0. The van der Waals surface area contributed by atoms with Gasteiger partial charge in [0, 0.05) is 0 Å². The Balaban J connectivity index is 2.35. The van der Waals surface area contributed by atoms with Crippen molar-refractivity contribution in [1.82, 2.24) is 13.4 Å². The second-order valence-corrected chi connectivity index (χ2v) is 4.25. The van der Waals surface area contributed by atoms with Gasteiger partial charge in [0.1, 0.15) is 0 Å². The number of aromatic carboxylic acids is 1. The minimum absolute atomic E-state index is 0.0331. The fourth-order valence-electron chi connectivity index (χ4n) is 1.59. The Morgan fingerprint density at radius 3 is 2.85 bits per heavy atom. The number of esters is 1. The van der Waals surface area contributed by atoms with Gasteiger partial charge in [-0.05, 0) is 0 Å². The van der Waals surface area contributed by atoms with E-state index >= 15 is 0 Å². The van der Waals surface area contributed by atoms with Crippen LogP contribution in [-0.4, -0.2) is 43.7 Å². The SMILES string of the molecule is CCOC(=O)COc1ccc2c(nn[n]2[Ag])c1C(=O)O. The Bertz CT molecular complexity index is 669. The van der Waals surface area contributed by atoms with Crippen molar-refractivity contribution in [1.29, 1.82) is 0 Å². The number of carboxylic acid groups (broad SMARTS) is 1. The molecule has 110 valence electrons. The monoisotopic (exact) mass is 371 g/mol. The molecule has 0 aliphatic carbocycles. The van der Waals surface area contributed by atoms with E-state index in [1.807, 2.05) is 0 Å². The summed E-state index contributed by atoms with van der Waals surface area (Å²) in [5, 5.41) is 16.7. The Labute approximate surface area is 125 Å². The predicted octanol–water partition coefficient (Wildman–Crippen LogP) is 0.381. The van der Waals surface area contributed by atoms with Gasteiger partial charge < -0.3 is 0 Å². The van der Waals surface area contributed by atoms with Crippen LogP contribution in [0.25, 0.3) is 11.0 Å². The standard InChI is InChI=1S/C11H11N3O5.Ag/c1-2-18-8(15)5-19-7-4-3-6-10(13-14-12-6)9(7)11(16)17;/h3-4H,2,5H2,1H3,(H2,12,13,14,16,17);/q;+1/p-1. The molecule has 0 fully saturated rings. The average Bonchev–Trinajstić information content (AvgIpc) is 2.77. The molecule has 9 heteroatoms. The third-order valence-electron chi connectivity index (χ3n) is 2.38. The van der Waals surface area contributed by atoms with E-state index in [9.17, 15) is 14.7 Å². The van der Waals surface area contributed by atoms with Crippen molar-refractivity contribution in [2.24, 2.45) is 0 Å². The molecule has 0 aliphatic heterocycles. The molecule has 0 radical (unpaired) electrons. The summed E-state index contributed by atoms with van der Waals surface area (Å²) in [4.78, 5) is 22.6. The van der Waals surface area contributed by atoms with Crippen LogP contribution in [0, 0.1) is 0 Å². The summed E-state index contributed by atoms with van der Waals surface area (Å²) >= 11 is 3.11. The van der Waals surface area contributed by atoms with Gasteiger partial charge in [-0.25, -0.2) is 0 Å². The average molecular weight is 372 g/mol. The van der Waals surface area contributed by atoms with Gasteiger partial charge in [0.25, 0.3) is 0 Å². The van der Waals surface area contributed by atoms with Crippen molar-refractivity contribution in [2.45, 2.75) is 6.92 Å². The number of rotatable bonds is 5. The van der Waals surface area contributed by atoms with Crippen LogP contribution in [0.1, 0.15) is 17.3 Å². The Morgan fingerprint density at radius 2 is 2.20 bits per heavy atom. The first kappa shape index (κ1) is 14.5. The van der Waals surface area contributed by atoms with Gasteiger partial charge >= 0.3 is 125 Å². The maximum absolute atomic E-state index is 11.3. The molecule has 20 heavy (non-hydrogen) atoms. The first-order valence-electron chi connectivity index (χ1n) is 5.57. The van der Waals surface area contributed by atoms with Crippen LogP contribution in [0.4, 0.5) is 0 Å². The topological polar surface area (TPSA) is 104 Å². The molecule has 1 heterocycles. The predicted molar refractivity (Wildman–Crippen MR) is 62.0 cm³/mol. The number of benzene rings is 1. The molecular formula is C11H10AgN3O5. The third-order valence-corrected chi connectivity index (χ3v) is 2.87. The van der Waals surface area contributed by atoms with E-state index in [0.29, 0.717) is 5.52 Å². The van der Waals surface area contributed by atoms with Crippen LogP contribution < -0.4 is 4.74 Å². The van der Waals surface area contributed by atoms with Gasteiger partial charge in [0.15, 0.2) is 0 Å². The first-order valence-corrected chi connectivity index (χ1v) is 6.23. The molecule has 1 aromatic carbocycles. The number of aromatic nitrogens is 3. The molecule has 0 aliphatic rings. The molecule has 0 spiro atoms. The van der Waals surface area contributed by atoms with Crippen molar-refractivity contribution in [3.8, 4) is 5.75 Å². The molecule has 0 saturated carbocycles. The second-order valence-electron chi connectivity index (χ2n) is 3.62. The summed E-state index contributed by atoms with van der Waals surface area (Å²) in [6.45, 7) is 1.52. The van der Waals surface area contributed by atoms with Crippen LogP contribution in [0.2, 0.25) is 0 Å². The summed E-state index contributed by atoms with van der Waals surface area (Å²) in [6.07, 6.45) is 0. The van der Waals surface area contributed by atoms with Gasteiger partial charge in [0.05, 0.1) is 0 Å². The van der Waals surface area contributed by atoms with Crippen LogP contribution in [0.15, 0.2) is 12.1 Å². The van der Waals surface area contributed by atoms with E-state index < -0.39 is 11.9 Å². The van der Waals surface area contributed by atoms with Crippen LogP contribution in [0.3, 0.4) is 0 Å². The van der Waals surface area contributed by atoms with Crippen molar-refractivity contribution >= 4 is 23.0 Å². The third kappa shape index (κ3) is 2.82. The van der Waals surface area contributed by atoms with Crippen LogP contribution >= 0.6 is 0 Å². The molecule has 8 nitrogen and oxygen atoms in total. The van der Waals surface area contributed by atoms with Crippen LogP contribution in [-0.2, 0) is 30.9 Å². The molecule has 1 aromatic heterocycles. The number of hydrogen-bond donors (Lipinski definition) is 1. The zero-order valence-corrected chi connectivity index (χ0v) is 11.8. The Hall–Kier alpha value is -1.90. The fourth-order valence-corrected chi connectivity index (χ4v) is 1.93. The summed E-state index contributed by atoms with van der Waals surface area (Å²) in [5.41, 5.74) is 0.483. The van der Waals surface area contributed by atoms with Gasteiger partial charge in [-0.2, -0.15) is 0 Å². The Morgan fingerprint density at radius 1 is 1.45 bits per heavy atom. The van der Waals surface area contributed by atoms with E-state index in [-0.39, 0.29) is 30.0 Å². The van der Waals surface area contributed by atoms with Gasteiger partial charge in [0.2, 0.25) is 0 Å². The molecule has 0 bridgehead atoms. The fraction of sp³-hybridized carbons (Fsp3) is 0.273. The quantitative estimate of drug-likeness (QED) is 0.598. The number of hydrogen-bond acceptors (Lipinski definition) is 6. The second kappa shape index (κ2) is 6.04. The zero-order valence-electron chi connectivity index (χ0n) is 10.3. The minimum atomic E-state index is -1.22. The number of fused-ring (bicyclic) bond motifs is 1. The summed E-state index contributed by atoms with van der Waals surface area (Å²) < 4.78 is 11.2. The summed E-state index contributed by atoms with van der Waals surface area (Å²) in [5.74, 6) is -1.76. The van der Waals surface area contributed by atoms with Crippen molar-refractivity contribution in [2.75, 3.05) is 13.2 Å². The van der Waals surface area contributed by atoms with E-state index in [2.05, 4.69) is 31.6 Å². The molecule has 0 atom stereocenters. The number of nitrogens with zero attached hydrogens (tertiary/aromatic N) is 3. The van der Waals surface area contributed by atoms with Gasteiger partial charge in [-0.3, -0.25) is 0 Å². The van der Waals surface area contributed by atoms with Crippen molar-refractivity contribution in [3.05, 3.63) is 17.7 Å². The molecule has 2 aromatic rings. The molecule has 0 amide bonds. The molecule has 0 unspecified atom stereocenters.